The molecule has 0 saturated heterocycles. The van der Waals surface area contributed by atoms with E-state index in [0.717, 1.165) is 13.8 Å². The van der Waals surface area contributed by atoms with Gasteiger partial charge in [-0.2, -0.15) is 5.10 Å². The van der Waals surface area contributed by atoms with Crippen LogP contribution in [0.15, 0.2) is 65.8 Å². The van der Waals surface area contributed by atoms with Gasteiger partial charge in [-0.15, -0.1) is 11.3 Å². The van der Waals surface area contributed by atoms with Crippen LogP contribution in [0, 0.1) is 13.7 Å². The van der Waals surface area contributed by atoms with Crippen LogP contribution in [0.4, 0.5) is 5.69 Å². The molecule has 4 aromatic rings. The second-order valence-corrected chi connectivity index (χ2v) is 10.2. The van der Waals surface area contributed by atoms with Gasteiger partial charge in [0.05, 0.1) is 27.6 Å². The highest BCUT2D eigenvalue weighted by Crippen LogP contribution is 2.37. The standard InChI is InChI=1S/C25H19ClIN3O5S/c1-2-34-21-10-16(9-20(26)24(21)35-14-15-3-5-18(27)6-4-15)13-28-29-25(31)23-12-17-11-19(30(32)33)7-8-22(17)36-23/h3-13H,2,14H2,1H3,(H,29,31)/b28-13-. The molecule has 1 amide bonds. The van der Waals surface area contributed by atoms with E-state index < -0.39 is 10.8 Å². The maximum atomic E-state index is 12.5. The molecule has 0 fully saturated rings. The zero-order valence-corrected chi connectivity index (χ0v) is 22.6. The number of hydrogen-bond acceptors (Lipinski definition) is 7. The van der Waals surface area contributed by atoms with E-state index in [1.165, 1.54) is 29.7 Å². The number of hydrogen-bond donors (Lipinski definition) is 1. The summed E-state index contributed by atoms with van der Waals surface area (Å²) in [5, 5.41) is 16.0. The molecule has 0 unspecified atom stereocenters. The molecule has 0 aliphatic rings. The van der Waals surface area contributed by atoms with E-state index in [-0.39, 0.29) is 5.69 Å². The fraction of sp³-hybridized carbons (Fsp3) is 0.120. The van der Waals surface area contributed by atoms with Crippen LogP contribution >= 0.6 is 45.5 Å². The van der Waals surface area contributed by atoms with Gasteiger partial charge in [-0.1, -0.05) is 23.7 Å². The molecule has 0 spiro atoms. The molecule has 36 heavy (non-hydrogen) atoms. The van der Waals surface area contributed by atoms with Gasteiger partial charge in [0.25, 0.3) is 11.6 Å². The van der Waals surface area contributed by atoms with Crippen LogP contribution in [0.25, 0.3) is 10.1 Å². The summed E-state index contributed by atoms with van der Waals surface area (Å²) in [4.78, 5) is 23.4. The molecule has 11 heteroatoms. The second kappa shape index (κ2) is 11.7. The lowest BCUT2D eigenvalue weighted by Gasteiger charge is -2.14. The number of nitrogens with zero attached hydrogens (tertiary/aromatic N) is 2. The Bertz CT molecular complexity index is 1460. The summed E-state index contributed by atoms with van der Waals surface area (Å²) < 4.78 is 13.6. The van der Waals surface area contributed by atoms with Crippen LogP contribution < -0.4 is 14.9 Å². The molecule has 0 aliphatic heterocycles. The number of benzene rings is 3. The number of rotatable bonds is 9. The van der Waals surface area contributed by atoms with Crippen molar-refractivity contribution >= 4 is 73.4 Å². The number of halogens is 2. The van der Waals surface area contributed by atoms with Gasteiger partial charge in [0, 0.05) is 25.8 Å². The number of hydrazone groups is 1. The molecule has 0 atom stereocenters. The normalized spacial score (nSPS) is 11.1. The number of thiophene rings is 1. The van der Waals surface area contributed by atoms with E-state index >= 15 is 0 Å². The largest absolute Gasteiger partial charge is 0.490 e. The summed E-state index contributed by atoms with van der Waals surface area (Å²) in [5.41, 5.74) is 4.05. The van der Waals surface area contributed by atoms with Gasteiger partial charge >= 0.3 is 0 Å². The van der Waals surface area contributed by atoms with Crippen molar-refractivity contribution in [2.75, 3.05) is 6.61 Å². The molecule has 0 bridgehead atoms. The molecular formula is C25H19ClIN3O5S. The Morgan fingerprint density at radius 1 is 1.17 bits per heavy atom. The maximum Gasteiger partial charge on any atom is 0.281 e. The first kappa shape index (κ1) is 25.9. The lowest BCUT2D eigenvalue weighted by Crippen LogP contribution is -2.16. The van der Waals surface area contributed by atoms with Gasteiger partial charge < -0.3 is 9.47 Å². The van der Waals surface area contributed by atoms with E-state index in [9.17, 15) is 14.9 Å². The lowest BCUT2D eigenvalue weighted by atomic mass is 10.2. The van der Waals surface area contributed by atoms with E-state index in [1.54, 1.807) is 24.3 Å². The summed E-state index contributed by atoms with van der Waals surface area (Å²) >= 11 is 9.94. The van der Waals surface area contributed by atoms with Crippen molar-refractivity contribution in [3.05, 3.63) is 95.4 Å². The zero-order chi connectivity index (χ0) is 25.7. The smallest absolute Gasteiger partial charge is 0.281 e. The highest BCUT2D eigenvalue weighted by Gasteiger charge is 2.14. The average molecular weight is 636 g/mol. The first-order chi connectivity index (χ1) is 17.3. The summed E-state index contributed by atoms with van der Waals surface area (Å²) in [5.74, 6) is 0.468. The van der Waals surface area contributed by atoms with Crippen LogP contribution in [0.1, 0.15) is 27.7 Å². The van der Waals surface area contributed by atoms with Crippen molar-refractivity contribution in [1.82, 2.24) is 5.43 Å². The SMILES string of the molecule is CCOc1cc(/C=N\NC(=O)c2cc3cc([N+](=O)[O-])ccc3s2)cc(Cl)c1OCc1ccc(I)cc1. The topological polar surface area (TPSA) is 103 Å². The summed E-state index contributed by atoms with van der Waals surface area (Å²) in [6.45, 7) is 2.60. The van der Waals surface area contributed by atoms with Crippen molar-refractivity contribution in [3.63, 3.8) is 0 Å². The third-order valence-corrected chi connectivity index (χ3v) is 7.06. The van der Waals surface area contributed by atoms with E-state index in [4.69, 9.17) is 21.1 Å². The molecule has 4 rings (SSSR count). The predicted octanol–water partition coefficient (Wildman–Crippen LogP) is 6.81. The van der Waals surface area contributed by atoms with Gasteiger partial charge in [-0.25, -0.2) is 5.43 Å². The van der Waals surface area contributed by atoms with Crippen LogP contribution in [-0.2, 0) is 6.61 Å². The number of ether oxygens (including phenoxy) is 2. The van der Waals surface area contributed by atoms with Gasteiger partial charge in [0.15, 0.2) is 11.5 Å². The summed E-state index contributed by atoms with van der Waals surface area (Å²) in [6.07, 6.45) is 1.45. The number of nitro benzene ring substituents is 1. The monoisotopic (exact) mass is 635 g/mol. The van der Waals surface area contributed by atoms with E-state index in [1.807, 2.05) is 31.2 Å². The first-order valence-corrected chi connectivity index (χ1v) is 13.0. The average Bonchev–Trinajstić information content (AvgIpc) is 3.28. The Hall–Kier alpha value is -3.22. The van der Waals surface area contributed by atoms with E-state index in [2.05, 4.69) is 33.1 Å². The van der Waals surface area contributed by atoms with Crippen LogP contribution in [0.5, 0.6) is 11.5 Å². The molecule has 1 heterocycles. The van der Waals surface area contributed by atoms with Gasteiger partial charge in [-0.3, -0.25) is 14.9 Å². The van der Waals surface area contributed by atoms with Crippen molar-refractivity contribution in [1.29, 1.82) is 0 Å². The summed E-state index contributed by atoms with van der Waals surface area (Å²) in [6, 6.07) is 17.4. The molecule has 1 aromatic heterocycles. The molecule has 8 nitrogen and oxygen atoms in total. The van der Waals surface area contributed by atoms with Gasteiger partial charge in [0.2, 0.25) is 0 Å². The quantitative estimate of drug-likeness (QED) is 0.0942. The number of amides is 1. The Balaban J connectivity index is 1.46. The third kappa shape index (κ3) is 6.31. The molecule has 0 aliphatic carbocycles. The van der Waals surface area contributed by atoms with Crippen LogP contribution in [-0.4, -0.2) is 23.7 Å². The number of carbonyl (C=O) groups is 1. The number of nitrogens with one attached hydrogen (secondary N) is 1. The Kier molecular flexibility index (Phi) is 8.39. The van der Waals surface area contributed by atoms with Crippen molar-refractivity contribution in [3.8, 4) is 11.5 Å². The van der Waals surface area contributed by atoms with E-state index in [0.29, 0.717) is 45.6 Å². The fourth-order valence-electron chi connectivity index (χ4n) is 3.28. The lowest BCUT2D eigenvalue weighted by molar-refractivity contribution is -0.384. The Labute approximate surface area is 229 Å². The molecular weight excluding hydrogens is 617 g/mol. The highest BCUT2D eigenvalue weighted by atomic mass is 127. The fourth-order valence-corrected chi connectivity index (χ4v) is 4.84. The highest BCUT2D eigenvalue weighted by molar-refractivity contribution is 14.1. The molecule has 184 valence electrons. The van der Waals surface area contributed by atoms with Gasteiger partial charge in [-0.05, 0) is 77.0 Å². The minimum absolute atomic E-state index is 0.0294. The maximum absolute atomic E-state index is 12.5. The molecule has 0 saturated carbocycles. The Morgan fingerprint density at radius 3 is 2.67 bits per heavy atom. The van der Waals surface area contributed by atoms with Crippen LogP contribution in [0.3, 0.4) is 0 Å². The summed E-state index contributed by atoms with van der Waals surface area (Å²) in [7, 11) is 0. The molecule has 3 aromatic carbocycles. The van der Waals surface area contributed by atoms with Crippen molar-refractivity contribution < 1.29 is 19.2 Å². The number of carbonyl (C=O) groups excluding carboxylic acids is 1. The Morgan fingerprint density at radius 2 is 1.94 bits per heavy atom. The number of nitro groups is 1. The minimum atomic E-state index is -0.471. The molecule has 0 radical (unpaired) electrons. The predicted molar refractivity (Wildman–Crippen MR) is 150 cm³/mol. The van der Waals surface area contributed by atoms with Crippen LogP contribution in [0.2, 0.25) is 5.02 Å². The molecule has 1 N–H and O–H groups in total. The van der Waals surface area contributed by atoms with Gasteiger partial charge in [0.1, 0.15) is 6.61 Å². The zero-order valence-electron chi connectivity index (χ0n) is 18.9. The van der Waals surface area contributed by atoms with Crippen molar-refractivity contribution in [2.24, 2.45) is 5.10 Å². The minimum Gasteiger partial charge on any atom is -0.490 e. The third-order valence-electron chi connectivity index (χ3n) is 4.94. The first-order valence-electron chi connectivity index (χ1n) is 10.7. The second-order valence-electron chi connectivity index (χ2n) is 7.47. The van der Waals surface area contributed by atoms with Crippen molar-refractivity contribution in [2.45, 2.75) is 13.5 Å². The number of fused-ring (bicyclic) bond motifs is 1. The number of non-ortho nitro benzene ring substituents is 1.